The molecule has 1 aromatic rings. The number of amides is 1. The first-order chi connectivity index (χ1) is 9.01. The second-order valence-corrected chi connectivity index (χ2v) is 5.24. The summed E-state index contributed by atoms with van der Waals surface area (Å²) >= 11 is 0. The van der Waals surface area contributed by atoms with Crippen LogP contribution in [0.4, 0.5) is 5.69 Å². The average molecular weight is 263 g/mol. The third-order valence-electron chi connectivity index (χ3n) is 2.84. The topological polar surface area (TPSA) is 58.4 Å². The molecule has 0 aliphatic carbocycles. The van der Waals surface area contributed by atoms with Crippen LogP contribution in [0.2, 0.25) is 0 Å². The minimum Gasteiger partial charge on any atom is -0.327 e. The monoisotopic (exact) mass is 263 g/mol. The highest BCUT2D eigenvalue weighted by atomic mass is 16.1. The van der Waals surface area contributed by atoms with E-state index in [-0.39, 0.29) is 11.9 Å². The lowest BCUT2D eigenvalue weighted by molar-refractivity contribution is -0.116. The number of benzene rings is 1. The lowest BCUT2D eigenvalue weighted by atomic mass is 10.1. The summed E-state index contributed by atoms with van der Waals surface area (Å²) < 4.78 is 0. The standard InChI is InChI=1S/C15H25N3O/c1-4-5-13(16)10-15(19)17-14-8-6-12(7-9-14)11-18(2)3/h6-9,13H,4-5,10-11,16H2,1-3H3,(H,17,19). The molecule has 1 atom stereocenters. The first-order valence-corrected chi connectivity index (χ1v) is 6.80. The number of hydrogen-bond donors (Lipinski definition) is 2. The predicted molar refractivity (Wildman–Crippen MR) is 80.0 cm³/mol. The zero-order chi connectivity index (χ0) is 14.3. The van der Waals surface area contributed by atoms with Gasteiger partial charge in [0.15, 0.2) is 0 Å². The van der Waals surface area contributed by atoms with Crippen molar-refractivity contribution >= 4 is 11.6 Å². The summed E-state index contributed by atoms with van der Waals surface area (Å²) in [5, 5.41) is 2.88. The number of rotatable bonds is 7. The third-order valence-corrected chi connectivity index (χ3v) is 2.84. The highest BCUT2D eigenvalue weighted by Crippen LogP contribution is 2.11. The van der Waals surface area contributed by atoms with E-state index in [4.69, 9.17) is 5.73 Å². The molecule has 1 aromatic carbocycles. The lowest BCUT2D eigenvalue weighted by Gasteiger charge is -2.12. The van der Waals surface area contributed by atoms with Crippen molar-refractivity contribution in [3.63, 3.8) is 0 Å². The SMILES string of the molecule is CCCC(N)CC(=O)Nc1ccc(CN(C)C)cc1. The Labute approximate surface area is 116 Å². The fourth-order valence-corrected chi connectivity index (χ4v) is 1.98. The van der Waals surface area contributed by atoms with Crippen molar-refractivity contribution in [1.82, 2.24) is 4.90 Å². The fourth-order valence-electron chi connectivity index (χ4n) is 1.98. The Hall–Kier alpha value is -1.39. The van der Waals surface area contributed by atoms with Crippen molar-refractivity contribution in [2.45, 2.75) is 38.8 Å². The first-order valence-electron chi connectivity index (χ1n) is 6.80. The first kappa shape index (κ1) is 15.7. The van der Waals surface area contributed by atoms with Crippen LogP contribution in [0.15, 0.2) is 24.3 Å². The number of nitrogens with zero attached hydrogens (tertiary/aromatic N) is 1. The molecule has 0 heterocycles. The summed E-state index contributed by atoms with van der Waals surface area (Å²) in [6.07, 6.45) is 2.27. The van der Waals surface area contributed by atoms with Gasteiger partial charge < -0.3 is 16.0 Å². The minimum absolute atomic E-state index is 0.0127. The molecule has 0 saturated carbocycles. The average Bonchev–Trinajstić information content (AvgIpc) is 2.31. The van der Waals surface area contributed by atoms with Gasteiger partial charge in [-0.25, -0.2) is 0 Å². The molecule has 1 rings (SSSR count). The Bertz CT molecular complexity index is 387. The molecule has 0 aliphatic rings. The molecule has 0 fully saturated rings. The number of nitrogens with one attached hydrogen (secondary N) is 1. The number of carbonyl (C=O) groups excluding carboxylic acids is 1. The van der Waals surface area contributed by atoms with Crippen molar-refractivity contribution in [3.8, 4) is 0 Å². The maximum atomic E-state index is 11.8. The number of nitrogens with two attached hydrogens (primary N) is 1. The summed E-state index contributed by atoms with van der Waals surface area (Å²) in [6.45, 7) is 2.97. The van der Waals surface area contributed by atoms with E-state index in [1.54, 1.807) is 0 Å². The third kappa shape index (κ3) is 6.36. The molecule has 0 aromatic heterocycles. The maximum absolute atomic E-state index is 11.8. The Kier molecular flexibility index (Phi) is 6.53. The summed E-state index contributed by atoms with van der Waals surface area (Å²) in [5.74, 6) is -0.0127. The molecule has 19 heavy (non-hydrogen) atoms. The zero-order valence-corrected chi connectivity index (χ0v) is 12.1. The molecule has 3 N–H and O–H groups in total. The molecule has 0 bridgehead atoms. The van der Waals surface area contributed by atoms with Crippen LogP contribution in [0.5, 0.6) is 0 Å². The highest BCUT2D eigenvalue weighted by Gasteiger charge is 2.08. The molecule has 1 unspecified atom stereocenters. The predicted octanol–water partition coefficient (Wildman–Crippen LogP) is 2.20. The Morgan fingerprint density at radius 1 is 1.32 bits per heavy atom. The van der Waals surface area contributed by atoms with Crippen LogP contribution >= 0.6 is 0 Å². The van der Waals surface area contributed by atoms with Gasteiger partial charge in [-0.3, -0.25) is 4.79 Å². The van der Waals surface area contributed by atoms with E-state index in [9.17, 15) is 4.79 Å². The van der Waals surface area contributed by atoms with Gasteiger partial charge in [-0.05, 0) is 38.2 Å². The second-order valence-electron chi connectivity index (χ2n) is 5.24. The van der Waals surface area contributed by atoms with Crippen LogP contribution in [-0.4, -0.2) is 30.9 Å². The van der Waals surface area contributed by atoms with Gasteiger partial charge in [-0.2, -0.15) is 0 Å². The van der Waals surface area contributed by atoms with Crippen molar-refractivity contribution in [3.05, 3.63) is 29.8 Å². The van der Waals surface area contributed by atoms with E-state index in [0.29, 0.717) is 6.42 Å². The fraction of sp³-hybridized carbons (Fsp3) is 0.533. The molecule has 0 aliphatic heterocycles. The highest BCUT2D eigenvalue weighted by molar-refractivity contribution is 5.91. The Morgan fingerprint density at radius 2 is 1.95 bits per heavy atom. The van der Waals surface area contributed by atoms with Crippen LogP contribution in [0, 0.1) is 0 Å². The zero-order valence-electron chi connectivity index (χ0n) is 12.1. The van der Waals surface area contributed by atoms with E-state index in [1.165, 1.54) is 5.56 Å². The van der Waals surface area contributed by atoms with Gasteiger partial charge in [-0.15, -0.1) is 0 Å². The van der Waals surface area contributed by atoms with Gasteiger partial charge in [0.2, 0.25) is 5.91 Å². The molecule has 0 radical (unpaired) electrons. The number of anilines is 1. The summed E-state index contributed by atoms with van der Waals surface area (Å²) in [7, 11) is 4.07. The number of carbonyl (C=O) groups is 1. The number of hydrogen-bond acceptors (Lipinski definition) is 3. The minimum atomic E-state index is -0.0435. The molecular weight excluding hydrogens is 238 g/mol. The smallest absolute Gasteiger partial charge is 0.225 e. The molecule has 0 spiro atoms. The quantitative estimate of drug-likeness (QED) is 0.793. The maximum Gasteiger partial charge on any atom is 0.225 e. The molecular formula is C15H25N3O. The van der Waals surface area contributed by atoms with Crippen molar-refractivity contribution in [2.75, 3.05) is 19.4 Å². The molecule has 4 heteroatoms. The Morgan fingerprint density at radius 3 is 2.47 bits per heavy atom. The Balaban J connectivity index is 2.46. The van der Waals surface area contributed by atoms with Gasteiger partial charge in [-0.1, -0.05) is 25.5 Å². The molecule has 1 amide bonds. The van der Waals surface area contributed by atoms with Gasteiger partial charge in [0, 0.05) is 24.7 Å². The van der Waals surface area contributed by atoms with Crippen LogP contribution in [0.1, 0.15) is 31.7 Å². The van der Waals surface area contributed by atoms with Crippen molar-refractivity contribution in [1.29, 1.82) is 0 Å². The van der Waals surface area contributed by atoms with E-state index < -0.39 is 0 Å². The van der Waals surface area contributed by atoms with Crippen molar-refractivity contribution < 1.29 is 4.79 Å². The van der Waals surface area contributed by atoms with Crippen LogP contribution in [0.3, 0.4) is 0 Å². The summed E-state index contributed by atoms with van der Waals surface area (Å²) in [6, 6.07) is 7.88. The summed E-state index contributed by atoms with van der Waals surface area (Å²) in [5.41, 5.74) is 7.91. The van der Waals surface area contributed by atoms with E-state index in [0.717, 1.165) is 25.1 Å². The van der Waals surface area contributed by atoms with Crippen LogP contribution in [0.25, 0.3) is 0 Å². The van der Waals surface area contributed by atoms with Crippen LogP contribution < -0.4 is 11.1 Å². The normalized spacial score (nSPS) is 12.5. The van der Waals surface area contributed by atoms with E-state index >= 15 is 0 Å². The van der Waals surface area contributed by atoms with E-state index in [2.05, 4.69) is 17.1 Å². The van der Waals surface area contributed by atoms with Gasteiger partial charge in [0.05, 0.1) is 0 Å². The van der Waals surface area contributed by atoms with Crippen LogP contribution in [-0.2, 0) is 11.3 Å². The second kappa shape index (κ2) is 7.92. The molecule has 4 nitrogen and oxygen atoms in total. The molecule has 106 valence electrons. The van der Waals surface area contributed by atoms with Crippen molar-refractivity contribution in [2.24, 2.45) is 5.73 Å². The lowest BCUT2D eigenvalue weighted by Crippen LogP contribution is -2.26. The largest absolute Gasteiger partial charge is 0.327 e. The molecule has 0 saturated heterocycles. The summed E-state index contributed by atoms with van der Waals surface area (Å²) in [4.78, 5) is 13.9. The van der Waals surface area contributed by atoms with Gasteiger partial charge in [0.25, 0.3) is 0 Å². The van der Waals surface area contributed by atoms with E-state index in [1.807, 2.05) is 38.4 Å². The van der Waals surface area contributed by atoms with Gasteiger partial charge >= 0.3 is 0 Å². The van der Waals surface area contributed by atoms with Gasteiger partial charge in [0.1, 0.15) is 0 Å².